The highest BCUT2D eigenvalue weighted by Gasteiger charge is 2.11. The number of aromatic nitrogens is 2. The zero-order valence-corrected chi connectivity index (χ0v) is 19.9. The molecule has 4 rings (SSSR count). The monoisotopic (exact) mass is 455 g/mol. The molecule has 0 fully saturated rings. The van der Waals surface area contributed by atoms with Crippen LogP contribution in [0.3, 0.4) is 0 Å². The highest BCUT2D eigenvalue weighted by Crippen LogP contribution is 2.18. The van der Waals surface area contributed by atoms with Crippen LogP contribution in [0.1, 0.15) is 43.1 Å². The molecule has 0 aliphatic carbocycles. The molecule has 1 N–H and O–H groups in total. The second kappa shape index (κ2) is 12.0. The minimum Gasteiger partial charge on any atom is -0.494 e. The van der Waals surface area contributed by atoms with Crippen molar-refractivity contribution >= 4 is 16.9 Å². The lowest BCUT2D eigenvalue weighted by Crippen LogP contribution is -2.25. The molecule has 1 aromatic heterocycles. The molecule has 0 saturated heterocycles. The molecule has 0 bridgehead atoms. The fourth-order valence-corrected chi connectivity index (χ4v) is 4.06. The molecule has 1 amide bonds. The zero-order chi connectivity index (χ0) is 23.6. The third-order valence-electron chi connectivity index (χ3n) is 6.04. The molecule has 4 aromatic rings. The summed E-state index contributed by atoms with van der Waals surface area (Å²) >= 11 is 0. The number of nitrogens with zero attached hydrogens (tertiary/aromatic N) is 2. The van der Waals surface area contributed by atoms with Gasteiger partial charge in [-0.2, -0.15) is 0 Å². The first kappa shape index (κ1) is 23.6. The van der Waals surface area contributed by atoms with Gasteiger partial charge >= 0.3 is 0 Å². The maximum Gasteiger partial charge on any atom is 0.220 e. The van der Waals surface area contributed by atoms with Crippen LogP contribution in [0.2, 0.25) is 0 Å². The van der Waals surface area contributed by atoms with Crippen molar-refractivity contribution in [2.75, 3.05) is 6.61 Å². The van der Waals surface area contributed by atoms with Gasteiger partial charge in [0.25, 0.3) is 0 Å². The van der Waals surface area contributed by atoms with Crippen LogP contribution in [-0.4, -0.2) is 22.1 Å². The number of benzene rings is 3. The first-order chi connectivity index (χ1) is 16.7. The first-order valence-corrected chi connectivity index (χ1v) is 12.2. The van der Waals surface area contributed by atoms with E-state index in [0.29, 0.717) is 19.6 Å². The molecule has 0 spiro atoms. The minimum atomic E-state index is 0.0463. The number of hydrogen-bond acceptors (Lipinski definition) is 3. The van der Waals surface area contributed by atoms with Gasteiger partial charge in [0.05, 0.1) is 24.2 Å². The molecule has 0 atom stereocenters. The predicted molar refractivity (Wildman–Crippen MR) is 137 cm³/mol. The van der Waals surface area contributed by atoms with E-state index in [1.165, 1.54) is 11.1 Å². The van der Waals surface area contributed by atoms with Crippen LogP contribution in [0, 0.1) is 0 Å². The van der Waals surface area contributed by atoms with E-state index >= 15 is 0 Å². The maximum absolute atomic E-state index is 12.4. The maximum atomic E-state index is 12.4. The summed E-state index contributed by atoms with van der Waals surface area (Å²) in [5.74, 6) is 1.86. The van der Waals surface area contributed by atoms with Gasteiger partial charge in [0.2, 0.25) is 5.91 Å². The Morgan fingerprint density at radius 1 is 0.912 bits per heavy atom. The Hall–Kier alpha value is -3.60. The van der Waals surface area contributed by atoms with Crippen LogP contribution >= 0.6 is 0 Å². The van der Waals surface area contributed by atoms with Crippen molar-refractivity contribution in [2.45, 2.75) is 52.1 Å². The Bertz CT molecular complexity index is 1180. The Balaban J connectivity index is 1.29. The van der Waals surface area contributed by atoms with E-state index in [1.54, 1.807) is 0 Å². The quantitative estimate of drug-likeness (QED) is 0.279. The smallest absolute Gasteiger partial charge is 0.220 e. The van der Waals surface area contributed by atoms with Crippen LogP contribution in [0.25, 0.3) is 11.0 Å². The molecule has 176 valence electrons. The number of amides is 1. The number of carbonyl (C=O) groups is 1. The minimum absolute atomic E-state index is 0.0463. The third kappa shape index (κ3) is 6.47. The van der Waals surface area contributed by atoms with Crippen molar-refractivity contribution in [1.82, 2.24) is 14.9 Å². The molecule has 0 unspecified atom stereocenters. The van der Waals surface area contributed by atoms with Gasteiger partial charge in [-0.25, -0.2) is 4.98 Å². The Morgan fingerprint density at radius 3 is 2.47 bits per heavy atom. The lowest BCUT2D eigenvalue weighted by atomic mass is 10.1. The van der Waals surface area contributed by atoms with Crippen LogP contribution in [0.5, 0.6) is 5.75 Å². The van der Waals surface area contributed by atoms with Crippen molar-refractivity contribution < 1.29 is 9.53 Å². The fourth-order valence-electron chi connectivity index (χ4n) is 4.06. The van der Waals surface area contributed by atoms with E-state index in [9.17, 15) is 4.79 Å². The number of rotatable bonds is 12. The molecule has 0 aliphatic rings. The standard InChI is InChI=1S/C29H33N3O2/c1-2-23-14-17-25(18-15-23)34-21-9-8-20-32-27-13-7-6-12-26(27)31-28(32)22-30-29(33)19-16-24-10-4-3-5-11-24/h3-7,10-15,17-18H,2,8-9,16,19-22H2,1H3,(H,30,33). The summed E-state index contributed by atoms with van der Waals surface area (Å²) in [6.45, 7) is 4.11. The van der Waals surface area contributed by atoms with E-state index in [1.807, 2.05) is 48.5 Å². The summed E-state index contributed by atoms with van der Waals surface area (Å²) in [5, 5.41) is 3.06. The fraction of sp³-hybridized carbons (Fsp3) is 0.310. The number of hydrogen-bond donors (Lipinski definition) is 1. The van der Waals surface area contributed by atoms with E-state index in [0.717, 1.165) is 54.8 Å². The molecule has 5 nitrogen and oxygen atoms in total. The highest BCUT2D eigenvalue weighted by atomic mass is 16.5. The molecule has 34 heavy (non-hydrogen) atoms. The molecule has 5 heteroatoms. The third-order valence-corrected chi connectivity index (χ3v) is 6.04. The number of fused-ring (bicyclic) bond motifs is 1. The number of aryl methyl sites for hydroxylation is 3. The summed E-state index contributed by atoms with van der Waals surface area (Å²) in [4.78, 5) is 17.2. The number of imidazole rings is 1. The molecule has 1 heterocycles. The van der Waals surface area contributed by atoms with Crippen molar-refractivity contribution in [3.63, 3.8) is 0 Å². The normalized spacial score (nSPS) is 11.0. The second-order valence-corrected chi connectivity index (χ2v) is 8.48. The summed E-state index contributed by atoms with van der Waals surface area (Å²) < 4.78 is 8.13. The zero-order valence-electron chi connectivity index (χ0n) is 19.9. The molecular formula is C29H33N3O2. The molecule has 0 radical (unpaired) electrons. The Morgan fingerprint density at radius 2 is 1.68 bits per heavy atom. The lowest BCUT2D eigenvalue weighted by molar-refractivity contribution is -0.121. The van der Waals surface area contributed by atoms with Gasteiger partial charge in [0.1, 0.15) is 11.6 Å². The summed E-state index contributed by atoms with van der Waals surface area (Å²) in [6.07, 6.45) is 4.17. The van der Waals surface area contributed by atoms with E-state index in [4.69, 9.17) is 9.72 Å². The SMILES string of the molecule is CCc1ccc(OCCCCn2c(CNC(=O)CCc3ccccc3)nc3ccccc32)cc1. The second-order valence-electron chi connectivity index (χ2n) is 8.48. The van der Waals surface area contributed by atoms with Crippen molar-refractivity contribution in [2.24, 2.45) is 0 Å². The molecular weight excluding hydrogens is 422 g/mol. The van der Waals surface area contributed by atoms with Crippen molar-refractivity contribution in [3.8, 4) is 5.75 Å². The average Bonchev–Trinajstić information content (AvgIpc) is 3.24. The Kier molecular flexibility index (Phi) is 8.33. The van der Waals surface area contributed by atoms with Gasteiger partial charge in [0, 0.05) is 13.0 Å². The first-order valence-electron chi connectivity index (χ1n) is 12.2. The van der Waals surface area contributed by atoms with Gasteiger partial charge in [-0.1, -0.05) is 61.5 Å². The molecule has 0 aliphatic heterocycles. The number of ether oxygens (including phenoxy) is 1. The average molecular weight is 456 g/mol. The largest absolute Gasteiger partial charge is 0.494 e. The number of para-hydroxylation sites is 2. The van der Waals surface area contributed by atoms with Gasteiger partial charge in [-0.05, 0) is 61.1 Å². The van der Waals surface area contributed by atoms with Crippen LogP contribution in [-0.2, 0) is 30.7 Å². The van der Waals surface area contributed by atoms with Crippen LogP contribution in [0.15, 0.2) is 78.9 Å². The molecule has 0 saturated carbocycles. The number of nitrogens with one attached hydrogen (secondary N) is 1. The van der Waals surface area contributed by atoms with Crippen LogP contribution < -0.4 is 10.1 Å². The van der Waals surface area contributed by atoms with Crippen molar-refractivity contribution in [3.05, 3.63) is 95.8 Å². The van der Waals surface area contributed by atoms with Crippen molar-refractivity contribution in [1.29, 1.82) is 0 Å². The van der Waals surface area contributed by atoms with E-state index < -0.39 is 0 Å². The number of carbonyl (C=O) groups excluding carboxylic acids is 1. The van der Waals surface area contributed by atoms with Gasteiger partial charge in [0.15, 0.2) is 0 Å². The number of unbranched alkanes of at least 4 members (excludes halogenated alkanes) is 1. The summed E-state index contributed by atoms with van der Waals surface area (Å²) in [7, 11) is 0. The molecule has 3 aromatic carbocycles. The highest BCUT2D eigenvalue weighted by molar-refractivity contribution is 5.77. The summed E-state index contributed by atoms with van der Waals surface area (Å²) in [5.41, 5.74) is 4.56. The predicted octanol–water partition coefficient (Wildman–Crippen LogP) is 5.71. The lowest BCUT2D eigenvalue weighted by Gasteiger charge is -2.11. The van der Waals surface area contributed by atoms with E-state index in [2.05, 4.69) is 47.1 Å². The van der Waals surface area contributed by atoms with E-state index in [-0.39, 0.29) is 5.91 Å². The van der Waals surface area contributed by atoms with Gasteiger partial charge < -0.3 is 14.6 Å². The van der Waals surface area contributed by atoms with Gasteiger partial charge in [-0.3, -0.25) is 4.79 Å². The van der Waals surface area contributed by atoms with Gasteiger partial charge in [-0.15, -0.1) is 0 Å². The Labute approximate surface area is 201 Å². The van der Waals surface area contributed by atoms with Crippen LogP contribution in [0.4, 0.5) is 0 Å². The summed E-state index contributed by atoms with van der Waals surface area (Å²) in [6, 6.07) is 26.6. The topological polar surface area (TPSA) is 56.1 Å².